The van der Waals surface area contributed by atoms with E-state index in [0.29, 0.717) is 0 Å². The standard InChI is InChI=1S/C12H13N3O4/c1-3-19-12(16)8-14(2)11-6-9(7-13)4-5-10(11)15(17)18/h4-6H,3,8H2,1-2H3. The molecule has 0 aliphatic carbocycles. The van der Waals surface area contributed by atoms with E-state index >= 15 is 0 Å². The van der Waals surface area contributed by atoms with Crippen molar-refractivity contribution in [1.82, 2.24) is 0 Å². The topological polar surface area (TPSA) is 96.5 Å². The second-order valence-electron chi connectivity index (χ2n) is 3.73. The van der Waals surface area contributed by atoms with Crippen molar-refractivity contribution >= 4 is 17.3 Å². The van der Waals surface area contributed by atoms with Crippen molar-refractivity contribution in [3.63, 3.8) is 0 Å². The monoisotopic (exact) mass is 263 g/mol. The highest BCUT2D eigenvalue weighted by atomic mass is 16.6. The lowest BCUT2D eigenvalue weighted by Gasteiger charge is -2.18. The van der Waals surface area contributed by atoms with Gasteiger partial charge in [0.1, 0.15) is 12.2 Å². The smallest absolute Gasteiger partial charge is 0.325 e. The molecule has 0 amide bonds. The Kier molecular flexibility index (Phi) is 4.83. The molecule has 0 unspecified atom stereocenters. The summed E-state index contributed by atoms with van der Waals surface area (Å²) in [6, 6.07) is 5.88. The van der Waals surface area contributed by atoms with Gasteiger partial charge in [0.05, 0.1) is 23.2 Å². The van der Waals surface area contributed by atoms with Crippen molar-refractivity contribution in [2.45, 2.75) is 6.92 Å². The summed E-state index contributed by atoms with van der Waals surface area (Å²) >= 11 is 0. The number of carbonyl (C=O) groups excluding carboxylic acids is 1. The molecule has 0 saturated carbocycles. The minimum atomic E-state index is -0.557. The van der Waals surface area contributed by atoms with Crippen molar-refractivity contribution in [3.05, 3.63) is 33.9 Å². The van der Waals surface area contributed by atoms with Crippen LogP contribution in [0.15, 0.2) is 18.2 Å². The van der Waals surface area contributed by atoms with Gasteiger partial charge in [-0.25, -0.2) is 0 Å². The normalized spacial score (nSPS) is 9.53. The quantitative estimate of drug-likeness (QED) is 0.453. The highest BCUT2D eigenvalue weighted by Crippen LogP contribution is 2.28. The molecule has 0 fully saturated rings. The summed E-state index contributed by atoms with van der Waals surface area (Å²) in [6.45, 7) is 1.80. The number of esters is 1. The zero-order valence-electron chi connectivity index (χ0n) is 10.6. The van der Waals surface area contributed by atoms with E-state index in [2.05, 4.69) is 0 Å². The Bertz CT molecular complexity index is 536. The van der Waals surface area contributed by atoms with Crippen LogP contribution in [0.25, 0.3) is 0 Å². The third-order valence-corrected chi connectivity index (χ3v) is 2.38. The van der Waals surface area contributed by atoms with E-state index < -0.39 is 10.9 Å². The van der Waals surface area contributed by atoms with Crippen molar-refractivity contribution in [1.29, 1.82) is 5.26 Å². The number of rotatable bonds is 5. The number of hydrogen-bond acceptors (Lipinski definition) is 6. The van der Waals surface area contributed by atoms with Gasteiger partial charge in [-0.3, -0.25) is 14.9 Å². The minimum absolute atomic E-state index is 0.121. The predicted octanol–water partition coefficient (Wildman–Crippen LogP) is 1.47. The van der Waals surface area contributed by atoms with Gasteiger partial charge in [-0.05, 0) is 19.1 Å². The van der Waals surface area contributed by atoms with E-state index in [-0.39, 0.29) is 30.1 Å². The summed E-state index contributed by atoms with van der Waals surface area (Å²) in [5, 5.41) is 19.7. The fourth-order valence-corrected chi connectivity index (χ4v) is 1.54. The molecular weight excluding hydrogens is 250 g/mol. The van der Waals surface area contributed by atoms with Gasteiger partial charge in [-0.1, -0.05) is 0 Å². The number of benzene rings is 1. The van der Waals surface area contributed by atoms with Crippen LogP contribution in [-0.4, -0.2) is 31.1 Å². The van der Waals surface area contributed by atoms with Crippen molar-refractivity contribution in [3.8, 4) is 6.07 Å². The van der Waals surface area contributed by atoms with Crippen LogP contribution in [0.4, 0.5) is 11.4 Å². The molecule has 0 aromatic heterocycles. The number of anilines is 1. The molecule has 0 bridgehead atoms. The highest BCUT2D eigenvalue weighted by molar-refractivity contribution is 5.78. The maximum Gasteiger partial charge on any atom is 0.325 e. The van der Waals surface area contributed by atoms with Crippen LogP contribution < -0.4 is 4.90 Å². The van der Waals surface area contributed by atoms with Gasteiger partial charge in [-0.2, -0.15) is 5.26 Å². The zero-order valence-corrected chi connectivity index (χ0v) is 10.6. The molecule has 0 saturated heterocycles. The maximum absolute atomic E-state index is 11.4. The molecule has 1 rings (SSSR count). The second-order valence-corrected chi connectivity index (χ2v) is 3.73. The van der Waals surface area contributed by atoms with Crippen LogP contribution in [0.3, 0.4) is 0 Å². The van der Waals surface area contributed by atoms with Crippen molar-refractivity contribution in [2.24, 2.45) is 0 Å². The summed E-state index contributed by atoms with van der Waals surface area (Å²) in [5.41, 5.74) is 0.333. The third-order valence-electron chi connectivity index (χ3n) is 2.38. The van der Waals surface area contributed by atoms with Crippen LogP contribution >= 0.6 is 0 Å². The number of ether oxygens (including phenoxy) is 1. The lowest BCUT2D eigenvalue weighted by molar-refractivity contribution is -0.384. The first kappa shape index (κ1) is 14.4. The molecule has 7 heteroatoms. The summed E-state index contributed by atoms with van der Waals surface area (Å²) in [7, 11) is 1.53. The summed E-state index contributed by atoms with van der Waals surface area (Å²) in [5.74, 6) is -0.485. The van der Waals surface area contributed by atoms with E-state index in [0.717, 1.165) is 0 Å². The van der Waals surface area contributed by atoms with E-state index in [9.17, 15) is 14.9 Å². The molecule has 0 aliphatic heterocycles. The van der Waals surface area contributed by atoms with Crippen LogP contribution in [-0.2, 0) is 9.53 Å². The lowest BCUT2D eigenvalue weighted by Crippen LogP contribution is -2.27. The minimum Gasteiger partial charge on any atom is -0.465 e. The van der Waals surface area contributed by atoms with E-state index in [1.807, 2.05) is 6.07 Å². The zero-order chi connectivity index (χ0) is 14.4. The van der Waals surface area contributed by atoms with Crippen LogP contribution in [0.5, 0.6) is 0 Å². The number of nitrogens with zero attached hydrogens (tertiary/aromatic N) is 3. The Morgan fingerprint density at radius 3 is 2.79 bits per heavy atom. The van der Waals surface area contributed by atoms with E-state index in [1.165, 1.54) is 30.1 Å². The number of hydrogen-bond donors (Lipinski definition) is 0. The van der Waals surface area contributed by atoms with Crippen molar-refractivity contribution in [2.75, 3.05) is 25.1 Å². The van der Waals surface area contributed by atoms with Gasteiger partial charge in [0.2, 0.25) is 0 Å². The van der Waals surface area contributed by atoms with E-state index in [1.54, 1.807) is 6.92 Å². The van der Waals surface area contributed by atoms with E-state index in [4.69, 9.17) is 10.00 Å². The first-order valence-electron chi connectivity index (χ1n) is 5.55. The highest BCUT2D eigenvalue weighted by Gasteiger charge is 2.19. The molecule has 0 aliphatic rings. The third kappa shape index (κ3) is 3.67. The number of carbonyl (C=O) groups is 1. The first-order valence-corrected chi connectivity index (χ1v) is 5.55. The van der Waals surface area contributed by atoms with Gasteiger partial charge in [0, 0.05) is 13.1 Å². The van der Waals surface area contributed by atoms with Crippen molar-refractivity contribution < 1.29 is 14.5 Å². The van der Waals surface area contributed by atoms with Gasteiger partial charge in [0.25, 0.3) is 5.69 Å². The Morgan fingerprint density at radius 1 is 1.58 bits per heavy atom. The average Bonchev–Trinajstić information content (AvgIpc) is 2.37. The molecule has 19 heavy (non-hydrogen) atoms. The van der Waals surface area contributed by atoms with Gasteiger partial charge < -0.3 is 9.64 Å². The molecule has 1 aromatic rings. The molecule has 0 spiro atoms. The second kappa shape index (κ2) is 6.35. The maximum atomic E-state index is 11.4. The summed E-state index contributed by atoms with van der Waals surface area (Å²) < 4.78 is 4.78. The molecule has 1 aromatic carbocycles. The molecule has 100 valence electrons. The number of nitro benzene ring substituents is 1. The van der Waals surface area contributed by atoms with Crippen LogP contribution in [0.2, 0.25) is 0 Å². The largest absolute Gasteiger partial charge is 0.465 e. The van der Waals surface area contributed by atoms with Crippen LogP contribution in [0, 0.1) is 21.4 Å². The Morgan fingerprint density at radius 2 is 2.26 bits per heavy atom. The SMILES string of the molecule is CCOC(=O)CN(C)c1cc(C#N)ccc1[N+](=O)[O-]. The molecule has 7 nitrogen and oxygen atoms in total. The Balaban J connectivity index is 3.06. The predicted molar refractivity (Wildman–Crippen MR) is 67.7 cm³/mol. The average molecular weight is 263 g/mol. The molecule has 0 N–H and O–H groups in total. The van der Waals surface area contributed by atoms with Gasteiger partial charge in [0.15, 0.2) is 0 Å². The Hall–Kier alpha value is -2.62. The first-order chi connectivity index (χ1) is 8.99. The number of nitriles is 1. The fourth-order valence-electron chi connectivity index (χ4n) is 1.54. The fraction of sp³-hybridized carbons (Fsp3) is 0.333. The number of likely N-dealkylation sites (N-methyl/N-ethyl adjacent to an activating group) is 1. The van der Waals surface area contributed by atoms with Gasteiger partial charge >= 0.3 is 5.97 Å². The summed E-state index contributed by atoms with van der Waals surface area (Å²) in [4.78, 5) is 23.1. The lowest BCUT2D eigenvalue weighted by atomic mass is 10.1. The Labute approximate surface area is 110 Å². The van der Waals surface area contributed by atoms with Gasteiger partial charge in [-0.15, -0.1) is 0 Å². The molecular formula is C12H13N3O4. The number of nitro groups is 1. The molecule has 0 radical (unpaired) electrons. The molecule has 0 heterocycles. The summed E-state index contributed by atoms with van der Waals surface area (Å²) in [6.07, 6.45) is 0. The van der Waals surface area contributed by atoms with Crippen LogP contribution in [0.1, 0.15) is 12.5 Å². The molecule has 0 atom stereocenters.